The van der Waals surface area contributed by atoms with Crippen LogP contribution in [0.15, 0.2) is 209 Å². The van der Waals surface area contributed by atoms with Gasteiger partial charge in [0.2, 0.25) is 0 Å². The monoisotopic (exact) mass is 703 g/mol. The number of rotatable bonds is 6. The summed E-state index contributed by atoms with van der Waals surface area (Å²) in [5.74, 6) is 0. The van der Waals surface area contributed by atoms with Crippen LogP contribution in [0, 0.1) is 0 Å². The summed E-state index contributed by atoms with van der Waals surface area (Å²) < 4.78 is 12.9. The van der Waals surface area contributed by atoms with Gasteiger partial charge < -0.3 is 13.7 Å². The molecule has 2 aromatic heterocycles. The van der Waals surface area contributed by atoms with E-state index in [-0.39, 0.29) is 0 Å². The maximum atomic E-state index is 6.47. The molecule has 0 amide bonds. The van der Waals surface area contributed by atoms with Gasteiger partial charge in [0.25, 0.3) is 0 Å². The van der Waals surface area contributed by atoms with Crippen LogP contribution < -0.4 is 4.90 Å². The maximum absolute atomic E-state index is 6.47. The number of nitrogens with zero attached hydrogens (tertiary/aromatic N) is 1. The molecule has 0 aliphatic rings. The Morgan fingerprint density at radius 1 is 0.309 bits per heavy atom. The predicted molar refractivity (Wildman–Crippen MR) is 229 cm³/mol. The van der Waals surface area contributed by atoms with Crippen LogP contribution in [-0.2, 0) is 0 Å². The third-order valence-electron chi connectivity index (χ3n) is 10.9. The molecule has 9 aromatic carbocycles. The van der Waals surface area contributed by atoms with Crippen molar-refractivity contribution < 1.29 is 8.83 Å². The van der Waals surface area contributed by atoms with E-state index in [1.807, 2.05) is 24.3 Å². The molecule has 11 aromatic rings. The summed E-state index contributed by atoms with van der Waals surface area (Å²) >= 11 is 0. The van der Waals surface area contributed by atoms with Gasteiger partial charge in [-0.2, -0.15) is 0 Å². The SMILES string of the molecule is c1ccc(-c2ccc(-c3ccc4ccccc4c3)cc2N(c2ccc(-c3cccc4c3oc3ccccc34)cc2)c2ccc3c(c2)oc2ccccc23)cc1. The van der Waals surface area contributed by atoms with Crippen molar-refractivity contribution >= 4 is 71.7 Å². The summed E-state index contributed by atoms with van der Waals surface area (Å²) in [4.78, 5) is 2.37. The second kappa shape index (κ2) is 12.6. The highest BCUT2D eigenvalue weighted by atomic mass is 16.3. The molecular formula is C52H33NO2. The van der Waals surface area contributed by atoms with E-state index in [1.165, 1.54) is 16.3 Å². The molecule has 0 saturated carbocycles. The second-order valence-corrected chi connectivity index (χ2v) is 14.1. The minimum Gasteiger partial charge on any atom is -0.456 e. The number of hydrogen-bond donors (Lipinski definition) is 0. The molecule has 0 fully saturated rings. The Hall–Kier alpha value is -7.36. The molecule has 0 spiro atoms. The van der Waals surface area contributed by atoms with Gasteiger partial charge in [0.1, 0.15) is 22.3 Å². The van der Waals surface area contributed by atoms with Crippen molar-refractivity contribution in [2.75, 3.05) is 4.90 Å². The first-order valence-electron chi connectivity index (χ1n) is 18.7. The van der Waals surface area contributed by atoms with Crippen LogP contribution in [0.2, 0.25) is 0 Å². The van der Waals surface area contributed by atoms with Crippen molar-refractivity contribution in [3.8, 4) is 33.4 Å². The van der Waals surface area contributed by atoms with Gasteiger partial charge in [0.15, 0.2) is 0 Å². The van der Waals surface area contributed by atoms with Gasteiger partial charge in [0.05, 0.1) is 5.69 Å². The molecule has 0 N–H and O–H groups in total. The van der Waals surface area contributed by atoms with Crippen LogP contribution in [0.4, 0.5) is 17.1 Å². The number of hydrogen-bond acceptors (Lipinski definition) is 3. The van der Waals surface area contributed by atoms with E-state index >= 15 is 0 Å². The van der Waals surface area contributed by atoms with Gasteiger partial charge in [-0.25, -0.2) is 0 Å². The van der Waals surface area contributed by atoms with E-state index in [1.54, 1.807) is 0 Å². The molecule has 0 aliphatic heterocycles. The predicted octanol–water partition coefficient (Wildman–Crippen LogP) is 15.1. The Balaban J connectivity index is 1.12. The van der Waals surface area contributed by atoms with Crippen molar-refractivity contribution in [1.82, 2.24) is 0 Å². The van der Waals surface area contributed by atoms with Crippen molar-refractivity contribution in [2.24, 2.45) is 0 Å². The number of anilines is 3. The normalized spacial score (nSPS) is 11.6. The summed E-state index contributed by atoms with van der Waals surface area (Å²) in [6, 6.07) is 71.1. The minimum atomic E-state index is 0.851. The quantitative estimate of drug-likeness (QED) is 0.173. The Bertz CT molecular complexity index is 3210. The van der Waals surface area contributed by atoms with E-state index in [0.29, 0.717) is 0 Å². The lowest BCUT2D eigenvalue weighted by Crippen LogP contribution is -2.11. The van der Waals surface area contributed by atoms with Gasteiger partial charge >= 0.3 is 0 Å². The largest absolute Gasteiger partial charge is 0.456 e. The number of para-hydroxylation sites is 3. The number of furan rings is 2. The Kier molecular flexibility index (Phi) is 7.17. The van der Waals surface area contributed by atoms with Crippen LogP contribution in [0.3, 0.4) is 0 Å². The van der Waals surface area contributed by atoms with Gasteiger partial charge in [-0.1, -0.05) is 146 Å². The first-order chi connectivity index (χ1) is 27.2. The Morgan fingerprint density at radius 2 is 0.909 bits per heavy atom. The van der Waals surface area contributed by atoms with Crippen molar-refractivity contribution in [1.29, 1.82) is 0 Å². The van der Waals surface area contributed by atoms with E-state index in [0.717, 1.165) is 88.8 Å². The highest BCUT2D eigenvalue weighted by Gasteiger charge is 2.21. The molecule has 0 unspecified atom stereocenters. The summed E-state index contributed by atoms with van der Waals surface area (Å²) in [5, 5.41) is 6.91. The molecule has 55 heavy (non-hydrogen) atoms. The lowest BCUT2D eigenvalue weighted by atomic mass is 9.95. The van der Waals surface area contributed by atoms with Gasteiger partial charge in [-0.3, -0.25) is 0 Å². The molecule has 2 heterocycles. The third-order valence-corrected chi connectivity index (χ3v) is 10.9. The molecule has 3 nitrogen and oxygen atoms in total. The van der Waals surface area contributed by atoms with Gasteiger partial charge in [0, 0.05) is 50.1 Å². The fourth-order valence-electron chi connectivity index (χ4n) is 8.17. The molecular weight excluding hydrogens is 671 g/mol. The summed E-state index contributed by atoms with van der Waals surface area (Å²) in [6.07, 6.45) is 0. The van der Waals surface area contributed by atoms with Crippen LogP contribution >= 0.6 is 0 Å². The Labute approximate surface area is 317 Å². The van der Waals surface area contributed by atoms with Gasteiger partial charge in [-0.15, -0.1) is 0 Å². The van der Waals surface area contributed by atoms with E-state index in [4.69, 9.17) is 8.83 Å². The zero-order valence-corrected chi connectivity index (χ0v) is 29.8. The smallest absolute Gasteiger partial charge is 0.143 e. The lowest BCUT2D eigenvalue weighted by Gasteiger charge is -2.29. The molecule has 11 rings (SSSR count). The van der Waals surface area contributed by atoms with E-state index in [2.05, 4.69) is 181 Å². The second-order valence-electron chi connectivity index (χ2n) is 14.1. The third kappa shape index (κ3) is 5.28. The zero-order chi connectivity index (χ0) is 36.3. The number of benzene rings is 9. The van der Waals surface area contributed by atoms with Crippen molar-refractivity contribution in [3.05, 3.63) is 200 Å². The molecule has 258 valence electrons. The van der Waals surface area contributed by atoms with Crippen molar-refractivity contribution in [2.45, 2.75) is 0 Å². The molecule has 0 radical (unpaired) electrons. The van der Waals surface area contributed by atoms with Crippen LogP contribution in [0.5, 0.6) is 0 Å². The first-order valence-corrected chi connectivity index (χ1v) is 18.7. The highest BCUT2D eigenvalue weighted by molar-refractivity contribution is 6.10. The summed E-state index contributed by atoms with van der Waals surface area (Å²) in [5.41, 5.74) is 13.4. The first kappa shape index (κ1) is 31.2. The fraction of sp³-hybridized carbons (Fsp3) is 0. The highest BCUT2D eigenvalue weighted by Crippen LogP contribution is 2.45. The maximum Gasteiger partial charge on any atom is 0.143 e. The van der Waals surface area contributed by atoms with Crippen LogP contribution in [0.25, 0.3) is 88.0 Å². The van der Waals surface area contributed by atoms with Gasteiger partial charge in [-0.05, 0) is 81.6 Å². The molecule has 0 atom stereocenters. The van der Waals surface area contributed by atoms with Crippen molar-refractivity contribution in [3.63, 3.8) is 0 Å². The standard InChI is InChI=1S/C52H33NO2/c1-2-12-35(13-3-1)42-29-25-39(38-22-21-34-11-4-5-14-37(34)31-38)32-48(42)53(41-28-30-46-44-15-6-8-19-49(44)54-51(46)33-41)40-26-23-36(24-27-40)43-17-10-18-47-45-16-7-9-20-50(45)55-52(43)47/h1-33H. The minimum absolute atomic E-state index is 0.851. The van der Waals surface area contributed by atoms with E-state index in [9.17, 15) is 0 Å². The van der Waals surface area contributed by atoms with Crippen LogP contribution in [-0.4, -0.2) is 0 Å². The fourth-order valence-corrected chi connectivity index (χ4v) is 8.17. The lowest BCUT2D eigenvalue weighted by molar-refractivity contribution is 0.669. The Morgan fingerprint density at radius 3 is 1.75 bits per heavy atom. The molecule has 0 bridgehead atoms. The number of fused-ring (bicyclic) bond motifs is 7. The topological polar surface area (TPSA) is 29.5 Å². The average Bonchev–Trinajstić information content (AvgIpc) is 3.82. The molecule has 3 heteroatoms. The zero-order valence-electron chi connectivity index (χ0n) is 29.8. The summed E-state index contributed by atoms with van der Waals surface area (Å²) in [6.45, 7) is 0. The summed E-state index contributed by atoms with van der Waals surface area (Å²) in [7, 11) is 0. The van der Waals surface area contributed by atoms with Crippen LogP contribution in [0.1, 0.15) is 0 Å². The van der Waals surface area contributed by atoms with E-state index < -0.39 is 0 Å². The average molecular weight is 704 g/mol. The molecule has 0 saturated heterocycles. The molecule has 0 aliphatic carbocycles.